The van der Waals surface area contributed by atoms with E-state index in [1.807, 2.05) is 12.4 Å². The lowest BCUT2D eigenvalue weighted by Crippen LogP contribution is -2.40. The Morgan fingerprint density at radius 3 is 2.59 bits per heavy atom. The average Bonchev–Trinajstić information content (AvgIpc) is 3.48. The van der Waals surface area contributed by atoms with Gasteiger partial charge in [-0.3, -0.25) is 4.68 Å². The summed E-state index contributed by atoms with van der Waals surface area (Å²) in [5.74, 6) is -0.379. The topological polar surface area (TPSA) is 75.0 Å². The third kappa shape index (κ3) is 3.49. The second kappa shape index (κ2) is 8.22. The van der Waals surface area contributed by atoms with Crippen molar-refractivity contribution in [1.82, 2.24) is 29.3 Å². The van der Waals surface area contributed by atoms with Gasteiger partial charge in [-0.05, 0) is 57.9 Å². The zero-order valence-electron chi connectivity index (χ0n) is 19.0. The van der Waals surface area contributed by atoms with Gasteiger partial charge in [0, 0.05) is 40.0 Å². The van der Waals surface area contributed by atoms with Crippen LogP contribution in [0.5, 0.6) is 0 Å². The maximum Gasteiger partial charge on any atom is 0.141 e. The van der Waals surface area contributed by atoms with Gasteiger partial charge < -0.3 is 4.90 Å². The Hall–Kier alpha value is -3.22. The van der Waals surface area contributed by atoms with Gasteiger partial charge in [0.1, 0.15) is 16.9 Å². The van der Waals surface area contributed by atoms with Crippen LogP contribution in [0.25, 0.3) is 16.6 Å². The average molecular weight is 474 g/mol. The Kier molecular flexibility index (Phi) is 5.15. The summed E-state index contributed by atoms with van der Waals surface area (Å²) in [6, 6.07) is 9.02. The predicted octanol–water partition coefficient (Wildman–Crippen LogP) is 4.86. The molecule has 7 nitrogen and oxygen atoms in total. The third-order valence-electron chi connectivity index (χ3n) is 7.39. The first-order chi connectivity index (χ1) is 16.5. The first-order valence-corrected chi connectivity index (χ1v) is 12.3. The maximum absolute atomic E-state index is 13.4. The molecule has 6 heterocycles. The molecule has 2 unspecified atom stereocenters. The van der Waals surface area contributed by atoms with Crippen molar-refractivity contribution < 1.29 is 4.39 Å². The van der Waals surface area contributed by atoms with Crippen LogP contribution in [0.3, 0.4) is 0 Å². The van der Waals surface area contributed by atoms with Crippen LogP contribution in [0.1, 0.15) is 43.0 Å². The van der Waals surface area contributed by atoms with Crippen LogP contribution in [0, 0.1) is 24.1 Å². The van der Waals surface area contributed by atoms with Crippen LogP contribution >= 0.6 is 11.8 Å². The highest BCUT2D eigenvalue weighted by molar-refractivity contribution is 7.99. The van der Waals surface area contributed by atoms with Crippen LogP contribution in [-0.4, -0.2) is 48.4 Å². The Labute approximate surface area is 201 Å². The van der Waals surface area contributed by atoms with E-state index in [0.29, 0.717) is 28.7 Å². The van der Waals surface area contributed by atoms with Crippen LogP contribution in [0.2, 0.25) is 0 Å². The van der Waals surface area contributed by atoms with Crippen molar-refractivity contribution in [3.63, 3.8) is 0 Å². The zero-order valence-corrected chi connectivity index (χ0v) is 19.8. The molecule has 2 aliphatic heterocycles. The lowest BCUT2D eigenvalue weighted by molar-refractivity contribution is 0.130. The van der Waals surface area contributed by atoms with E-state index < -0.39 is 0 Å². The molecule has 172 valence electrons. The summed E-state index contributed by atoms with van der Waals surface area (Å²) in [7, 11) is 2.25. The van der Waals surface area contributed by atoms with Gasteiger partial charge in [-0.15, -0.1) is 0 Å². The molecule has 2 aliphatic rings. The summed E-state index contributed by atoms with van der Waals surface area (Å²) in [6.07, 6.45) is 11.5. The summed E-state index contributed by atoms with van der Waals surface area (Å²) >= 11 is 1.40. The lowest BCUT2D eigenvalue weighted by atomic mass is 9.97. The first kappa shape index (κ1) is 21.3. The molecule has 2 fully saturated rings. The fraction of sp³-hybridized carbons (Fsp3) is 0.360. The Balaban J connectivity index is 1.40. The van der Waals surface area contributed by atoms with E-state index in [2.05, 4.69) is 45.8 Å². The minimum absolute atomic E-state index is 0.379. The second-order valence-corrected chi connectivity index (χ2v) is 10.3. The summed E-state index contributed by atoms with van der Waals surface area (Å²) in [5, 5.41) is 19.5. The van der Waals surface area contributed by atoms with Crippen molar-refractivity contribution in [3.8, 4) is 17.2 Å². The fourth-order valence-electron chi connectivity index (χ4n) is 5.58. The summed E-state index contributed by atoms with van der Waals surface area (Å²) < 4.78 is 17.3. The zero-order chi connectivity index (χ0) is 23.4. The van der Waals surface area contributed by atoms with Crippen molar-refractivity contribution in [3.05, 3.63) is 60.1 Å². The van der Waals surface area contributed by atoms with Gasteiger partial charge >= 0.3 is 0 Å². The Morgan fingerprint density at radius 1 is 1.09 bits per heavy atom. The Bertz CT molecular complexity index is 1400. The minimum Gasteiger partial charge on any atom is -0.300 e. The summed E-state index contributed by atoms with van der Waals surface area (Å²) in [6.45, 7) is 2.13. The minimum atomic E-state index is -0.379. The van der Waals surface area contributed by atoms with Gasteiger partial charge in [-0.1, -0.05) is 11.8 Å². The normalized spacial score (nSPS) is 22.4. The van der Waals surface area contributed by atoms with Crippen LogP contribution in [0.15, 0.2) is 52.9 Å². The molecule has 0 amide bonds. The monoisotopic (exact) mass is 473 g/mol. The van der Waals surface area contributed by atoms with Gasteiger partial charge in [-0.2, -0.15) is 15.5 Å². The predicted molar refractivity (Wildman–Crippen MR) is 127 cm³/mol. The molecule has 0 N–H and O–H groups in total. The van der Waals surface area contributed by atoms with Crippen LogP contribution in [-0.2, 0) is 0 Å². The number of nitriles is 1. The number of aromatic nitrogens is 5. The van der Waals surface area contributed by atoms with E-state index in [4.69, 9.17) is 5.10 Å². The number of fused-ring (bicyclic) bond motifs is 3. The molecule has 2 atom stereocenters. The van der Waals surface area contributed by atoms with E-state index in [9.17, 15) is 9.65 Å². The lowest BCUT2D eigenvalue weighted by Gasteiger charge is -2.36. The van der Waals surface area contributed by atoms with E-state index in [1.165, 1.54) is 36.9 Å². The van der Waals surface area contributed by atoms with E-state index in [0.717, 1.165) is 40.1 Å². The van der Waals surface area contributed by atoms with E-state index >= 15 is 0 Å². The highest BCUT2D eigenvalue weighted by Gasteiger charge is 2.39. The van der Waals surface area contributed by atoms with Crippen LogP contribution in [0.4, 0.5) is 4.39 Å². The maximum atomic E-state index is 13.4. The largest absolute Gasteiger partial charge is 0.300 e. The number of rotatable bonds is 4. The van der Waals surface area contributed by atoms with Gasteiger partial charge in [-0.25, -0.2) is 13.9 Å². The van der Waals surface area contributed by atoms with Crippen molar-refractivity contribution >= 4 is 17.3 Å². The highest BCUT2D eigenvalue weighted by atomic mass is 32.2. The number of pyridine rings is 2. The molecule has 0 aliphatic carbocycles. The number of piperidine rings is 1. The van der Waals surface area contributed by atoms with Gasteiger partial charge in [0.2, 0.25) is 0 Å². The van der Waals surface area contributed by atoms with Gasteiger partial charge in [0.05, 0.1) is 35.7 Å². The standard InChI is InChI=1S/C25H24FN7S/c1-15-22(13-30-33(15)21-8-19-4-5-20(9-21)31(19)2)16-7-23(34-24-6-3-18(26)12-28-24)25-17(10-27)11-29-32(25)14-16/h3,6-7,11-14,19-21H,4-5,8-9H2,1-2H3. The molecule has 2 saturated heterocycles. The molecular formula is C25H24FN7S. The molecule has 0 radical (unpaired) electrons. The van der Waals surface area contributed by atoms with Crippen molar-refractivity contribution in [1.29, 1.82) is 5.26 Å². The molecule has 9 heteroatoms. The summed E-state index contributed by atoms with van der Waals surface area (Å²) in [5.41, 5.74) is 4.38. The SMILES string of the molecule is Cc1c(-c2cc(Sc3ccc(F)cn3)c3c(C#N)cnn3c2)cnn1C1CC2CCC(C1)N2C. The Morgan fingerprint density at radius 2 is 1.88 bits per heavy atom. The number of hydrogen-bond donors (Lipinski definition) is 0. The van der Waals surface area contributed by atoms with Crippen LogP contribution < -0.4 is 0 Å². The molecular weight excluding hydrogens is 449 g/mol. The molecule has 2 bridgehead atoms. The fourth-order valence-corrected chi connectivity index (χ4v) is 6.54. The van der Waals surface area contributed by atoms with E-state index in [1.54, 1.807) is 16.8 Å². The van der Waals surface area contributed by atoms with Crippen molar-refractivity contribution in [2.45, 2.75) is 60.7 Å². The molecule has 0 aromatic carbocycles. The van der Waals surface area contributed by atoms with Crippen molar-refractivity contribution in [2.75, 3.05) is 7.05 Å². The highest BCUT2D eigenvalue weighted by Crippen LogP contribution is 2.41. The quantitative estimate of drug-likeness (QED) is 0.421. The molecule has 0 spiro atoms. The van der Waals surface area contributed by atoms with Crippen molar-refractivity contribution in [2.24, 2.45) is 0 Å². The molecule has 0 saturated carbocycles. The third-order valence-corrected chi connectivity index (χ3v) is 8.37. The van der Waals surface area contributed by atoms with E-state index in [-0.39, 0.29) is 5.82 Å². The van der Waals surface area contributed by atoms with Gasteiger partial charge in [0.15, 0.2) is 0 Å². The first-order valence-electron chi connectivity index (χ1n) is 11.5. The molecule has 34 heavy (non-hydrogen) atoms. The molecule has 6 rings (SSSR count). The summed E-state index contributed by atoms with van der Waals surface area (Å²) in [4.78, 5) is 7.57. The second-order valence-electron chi connectivity index (χ2n) is 9.24. The molecule has 4 aromatic rings. The number of halogens is 1. The van der Waals surface area contributed by atoms with Gasteiger partial charge in [0.25, 0.3) is 0 Å². The number of nitrogens with zero attached hydrogens (tertiary/aromatic N) is 7. The smallest absolute Gasteiger partial charge is 0.141 e. The number of hydrogen-bond acceptors (Lipinski definition) is 6. The molecule has 4 aromatic heterocycles.